The first-order chi connectivity index (χ1) is 17.5. The average molecular weight is 480 g/mol. The summed E-state index contributed by atoms with van der Waals surface area (Å²) in [6, 6.07) is 17.6. The lowest BCUT2D eigenvalue weighted by atomic mass is 9.92. The van der Waals surface area contributed by atoms with E-state index in [-0.39, 0.29) is 0 Å². The highest BCUT2D eigenvalue weighted by molar-refractivity contribution is 5.91. The number of aromatic nitrogens is 3. The van der Waals surface area contributed by atoms with E-state index in [0.29, 0.717) is 25.3 Å². The van der Waals surface area contributed by atoms with Crippen LogP contribution in [0, 0.1) is 18.8 Å². The van der Waals surface area contributed by atoms with Gasteiger partial charge in [0, 0.05) is 48.8 Å². The van der Waals surface area contributed by atoms with Gasteiger partial charge in [-0.1, -0.05) is 17.9 Å². The van der Waals surface area contributed by atoms with E-state index in [2.05, 4.69) is 44.1 Å². The predicted molar refractivity (Wildman–Crippen MR) is 141 cm³/mol. The Kier molecular flexibility index (Phi) is 6.81. The molecule has 36 heavy (non-hydrogen) atoms. The zero-order valence-corrected chi connectivity index (χ0v) is 20.5. The third-order valence-corrected chi connectivity index (χ3v) is 6.43. The first kappa shape index (κ1) is 23.7. The summed E-state index contributed by atoms with van der Waals surface area (Å²) in [4.78, 5) is 15.4. The van der Waals surface area contributed by atoms with Gasteiger partial charge in [-0.3, -0.25) is 4.98 Å². The van der Waals surface area contributed by atoms with E-state index in [9.17, 15) is 5.11 Å². The molecule has 0 saturated carbocycles. The summed E-state index contributed by atoms with van der Waals surface area (Å²) in [6.45, 7) is 4.12. The smallest absolute Gasteiger partial charge is 0.141 e. The Bertz CT molecular complexity index is 1420. The molecule has 1 saturated heterocycles. The van der Waals surface area contributed by atoms with Gasteiger partial charge >= 0.3 is 0 Å². The molecule has 0 bridgehead atoms. The molecule has 2 aromatic carbocycles. The molecule has 182 valence electrons. The van der Waals surface area contributed by atoms with Crippen LogP contribution >= 0.6 is 0 Å². The highest BCUT2D eigenvalue weighted by Crippen LogP contribution is 2.28. The second-order valence-corrected chi connectivity index (χ2v) is 9.25. The van der Waals surface area contributed by atoms with E-state index in [1.165, 1.54) is 0 Å². The van der Waals surface area contributed by atoms with Crippen molar-refractivity contribution in [3.63, 3.8) is 0 Å². The standard InChI is InChI=1S/C29H29N5O2/c1-21-17-23(7-9-27(21)36-19-24-5-3-4-14-30-24)33-28-25-18-22(6-8-26(25)31-20-32-28)10-11-29(35)12-15-34(2)16-13-29/h3-9,14,17-18,20,35H,12-13,15-16,19H2,1-2H3,(H,31,32,33). The summed E-state index contributed by atoms with van der Waals surface area (Å²) in [6.07, 6.45) is 4.62. The van der Waals surface area contributed by atoms with Crippen LogP contribution in [0.5, 0.6) is 5.75 Å². The van der Waals surface area contributed by atoms with Gasteiger partial charge in [-0.25, -0.2) is 9.97 Å². The first-order valence-electron chi connectivity index (χ1n) is 12.1. The van der Waals surface area contributed by atoms with Crippen LogP contribution in [0.25, 0.3) is 10.9 Å². The van der Waals surface area contributed by atoms with Gasteiger partial charge in [0.05, 0.1) is 11.2 Å². The lowest BCUT2D eigenvalue weighted by Gasteiger charge is -2.32. The van der Waals surface area contributed by atoms with Crippen LogP contribution in [-0.4, -0.2) is 50.7 Å². The Morgan fingerprint density at radius 2 is 1.92 bits per heavy atom. The van der Waals surface area contributed by atoms with Gasteiger partial charge in [-0.05, 0) is 68.1 Å². The van der Waals surface area contributed by atoms with E-state index in [4.69, 9.17) is 4.74 Å². The molecule has 2 aromatic heterocycles. The number of nitrogens with zero attached hydrogens (tertiary/aromatic N) is 4. The van der Waals surface area contributed by atoms with Gasteiger partial charge in [-0.2, -0.15) is 0 Å². The Labute approximate surface area is 211 Å². The Morgan fingerprint density at radius 1 is 1.06 bits per heavy atom. The van der Waals surface area contributed by atoms with Crippen LogP contribution < -0.4 is 10.1 Å². The summed E-state index contributed by atoms with van der Waals surface area (Å²) in [5.41, 5.74) is 3.49. The Balaban J connectivity index is 1.34. The number of piperidine rings is 1. The molecule has 1 aliphatic rings. The third kappa shape index (κ3) is 5.62. The summed E-state index contributed by atoms with van der Waals surface area (Å²) in [7, 11) is 2.06. The van der Waals surface area contributed by atoms with Crippen molar-refractivity contribution in [3.05, 3.63) is 83.9 Å². The molecule has 3 heterocycles. The van der Waals surface area contributed by atoms with Gasteiger partial charge in [0.2, 0.25) is 0 Å². The van der Waals surface area contributed by atoms with Gasteiger partial charge < -0.3 is 20.1 Å². The van der Waals surface area contributed by atoms with Crippen LogP contribution in [0.4, 0.5) is 11.5 Å². The monoisotopic (exact) mass is 479 g/mol. The van der Waals surface area contributed by atoms with Crippen molar-refractivity contribution in [1.82, 2.24) is 19.9 Å². The molecule has 1 aliphatic heterocycles. The topological polar surface area (TPSA) is 83.4 Å². The molecular formula is C29H29N5O2. The average Bonchev–Trinajstić information content (AvgIpc) is 2.90. The summed E-state index contributed by atoms with van der Waals surface area (Å²) < 4.78 is 5.95. The van der Waals surface area contributed by atoms with Crippen molar-refractivity contribution in [2.24, 2.45) is 0 Å². The molecule has 4 aromatic rings. The molecule has 0 radical (unpaired) electrons. The van der Waals surface area contributed by atoms with Crippen LogP contribution in [0.3, 0.4) is 0 Å². The number of fused-ring (bicyclic) bond motifs is 1. The molecule has 0 aliphatic carbocycles. The second-order valence-electron chi connectivity index (χ2n) is 9.25. The van der Waals surface area contributed by atoms with Crippen molar-refractivity contribution in [3.8, 4) is 17.6 Å². The summed E-state index contributed by atoms with van der Waals surface area (Å²) in [5.74, 6) is 7.78. The number of hydrogen-bond donors (Lipinski definition) is 2. The number of nitrogens with one attached hydrogen (secondary N) is 1. The molecule has 0 spiro atoms. The minimum Gasteiger partial charge on any atom is -0.487 e. The first-order valence-corrected chi connectivity index (χ1v) is 12.1. The fraction of sp³-hybridized carbons (Fsp3) is 0.276. The molecule has 2 N–H and O–H groups in total. The number of anilines is 2. The van der Waals surface area contributed by atoms with E-state index in [1.54, 1.807) is 12.5 Å². The summed E-state index contributed by atoms with van der Waals surface area (Å²) >= 11 is 0. The molecule has 7 heteroatoms. The van der Waals surface area contributed by atoms with E-state index < -0.39 is 5.60 Å². The van der Waals surface area contributed by atoms with Crippen LogP contribution in [0.15, 0.2) is 67.1 Å². The van der Waals surface area contributed by atoms with Crippen LogP contribution in [-0.2, 0) is 6.61 Å². The van der Waals surface area contributed by atoms with E-state index in [0.717, 1.165) is 52.3 Å². The molecule has 7 nitrogen and oxygen atoms in total. The predicted octanol–water partition coefficient (Wildman–Crippen LogP) is 4.46. The highest BCUT2D eigenvalue weighted by atomic mass is 16.5. The number of pyridine rings is 1. The van der Waals surface area contributed by atoms with E-state index >= 15 is 0 Å². The number of hydrogen-bond acceptors (Lipinski definition) is 7. The maximum Gasteiger partial charge on any atom is 0.141 e. The highest BCUT2D eigenvalue weighted by Gasteiger charge is 2.28. The largest absolute Gasteiger partial charge is 0.487 e. The SMILES string of the molecule is Cc1cc(Nc2ncnc3ccc(C#CC4(O)CCN(C)CC4)cc23)ccc1OCc1ccccn1. The molecule has 1 fully saturated rings. The fourth-order valence-corrected chi connectivity index (χ4v) is 4.20. The van der Waals surface area contributed by atoms with Crippen molar-refractivity contribution >= 4 is 22.4 Å². The minimum atomic E-state index is -0.937. The number of rotatable bonds is 5. The molecule has 0 amide bonds. The number of aliphatic hydroxyl groups is 1. The second kappa shape index (κ2) is 10.3. The summed E-state index contributed by atoms with van der Waals surface area (Å²) in [5, 5.41) is 15.1. The number of benzene rings is 2. The molecule has 0 unspecified atom stereocenters. The van der Waals surface area contributed by atoms with Gasteiger partial charge in [0.1, 0.15) is 30.1 Å². The quantitative estimate of drug-likeness (QED) is 0.409. The lowest BCUT2D eigenvalue weighted by molar-refractivity contribution is 0.0350. The van der Waals surface area contributed by atoms with Crippen LogP contribution in [0.1, 0.15) is 29.7 Å². The van der Waals surface area contributed by atoms with Crippen molar-refractivity contribution in [1.29, 1.82) is 0 Å². The number of ether oxygens (including phenoxy) is 1. The number of likely N-dealkylation sites (tertiary alicyclic amines) is 1. The normalized spacial score (nSPS) is 15.2. The van der Waals surface area contributed by atoms with Crippen molar-refractivity contribution in [2.75, 3.05) is 25.5 Å². The number of aryl methyl sites for hydroxylation is 1. The van der Waals surface area contributed by atoms with Gasteiger partial charge in [0.15, 0.2) is 0 Å². The zero-order valence-electron chi connectivity index (χ0n) is 20.5. The third-order valence-electron chi connectivity index (χ3n) is 6.43. The minimum absolute atomic E-state index is 0.417. The van der Waals surface area contributed by atoms with Crippen molar-refractivity contribution in [2.45, 2.75) is 32.0 Å². The molecule has 0 atom stereocenters. The van der Waals surface area contributed by atoms with Gasteiger partial charge in [-0.15, -0.1) is 0 Å². The maximum absolute atomic E-state index is 10.8. The zero-order chi connectivity index (χ0) is 25.0. The Morgan fingerprint density at radius 3 is 2.69 bits per heavy atom. The molecular weight excluding hydrogens is 450 g/mol. The lowest BCUT2D eigenvalue weighted by Crippen LogP contribution is -2.41. The maximum atomic E-state index is 10.8. The van der Waals surface area contributed by atoms with E-state index in [1.807, 2.05) is 61.5 Å². The van der Waals surface area contributed by atoms with Crippen molar-refractivity contribution < 1.29 is 9.84 Å². The van der Waals surface area contributed by atoms with Crippen LogP contribution in [0.2, 0.25) is 0 Å². The fourth-order valence-electron chi connectivity index (χ4n) is 4.20. The van der Waals surface area contributed by atoms with Gasteiger partial charge in [0.25, 0.3) is 0 Å². The Hall–Kier alpha value is -3.99. The molecule has 5 rings (SSSR count).